The zero-order valence-corrected chi connectivity index (χ0v) is 8.36. The van der Waals surface area contributed by atoms with Crippen LogP contribution in [-0.2, 0) is 11.3 Å². The van der Waals surface area contributed by atoms with Crippen molar-refractivity contribution < 1.29 is 4.79 Å². The van der Waals surface area contributed by atoms with Gasteiger partial charge in [0.1, 0.15) is 5.78 Å². The topological polar surface area (TPSA) is 34.9 Å². The van der Waals surface area contributed by atoms with E-state index in [1.54, 1.807) is 0 Å². The van der Waals surface area contributed by atoms with Crippen molar-refractivity contribution in [2.75, 3.05) is 0 Å². The number of rotatable bonds is 2. The van der Waals surface area contributed by atoms with Gasteiger partial charge in [-0.3, -0.25) is 9.48 Å². The summed E-state index contributed by atoms with van der Waals surface area (Å²) in [5, 5.41) is 4.22. The monoisotopic (exact) mass is 190 g/mol. The number of hydrogen-bond acceptors (Lipinski definition) is 2. The highest BCUT2D eigenvalue weighted by Crippen LogP contribution is 2.24. The van der Waals surface area contributed by atoms with Crippen molar-refractivity contribution in [1.29, 1.82) is 0 Å². The third kappa shape index (κ3) is 1.62. The van der Waals surface area contributed by atoms with Crippen molar-refractivity contribution in [3.05, 3.63) is 24.0 Å². The van der Waals surface area contributed by atoms with Gasteiger partial charge in [-0.1, -0.05) is 6.08 Å². The molecule has 0 aromatic carbocycles. The van der Waals surface area contributed by atoms with E-state index in [1.807, 2.05) is 23.0 Å². The van der Waals surface area contributed by atoms with Crippen molar-refractivity contribution in [3.8, 4) is 0 Å². The molecule has 0 bridgehead atoms. The minimum atomic E-state index is 0.344. The Labute approximate surface area is 83.4 Å². The Morgan fingerprint density at radius 3 is 3.00 bits per heavy atom. The molecule has 0 fully saturated rings. The number of hydrogen-bond donors (Lipinski definition) is 0. The first-order valence-corrected chi connectivity index (χ1v) is 5.04. The van der Waals surface area contributed by atoms with Crippen LogP contribution in [0.1, 0.15) is 31.9 Å². The number of Topliss-reactive ketones (excluding diaryl/α,β-unsaturated/α-hetero) is 1. The molecule has 0 aliphatic heterocycles. The molecule has 3 nitrogen and oxygen atoms in total. The fourth-order valence-corrected chi connectivity index (χ4v) is 1.81. The minimum absolute atomic E-state index is 0.344. The third-order valence-corrected chi connectivity index (χ3v) is 2.59. The van der Waals surface area contributed by atoms with Gasteiger partial charge in [-0.05, 0) is 25.0 Å². The normalized spacial score (nSPS) is 16.9. The van der Waals surface area contributed by atoms with Crippen LogP contribution in [0, 0.1) is 0 Å². The van der Waals surface area contributed by atoms with Crippen LogP contribution in [0.5, 0.6) is 0 Å². The quantitative estimate of drug-likeness (QED) is 0.715. The van der Waals surface area contributed by atoms with Gasteiger partial charge in [0.2, 0.25) is 0 Å². The molecule has 0 unspecified atom stereocenters. The molecule has 0 spiro atoms. The highest BCUT2D eigenvalue weighted by Gasteiger charge is 2.14. The van der Waals surface area contributed by atoms with Crippen LogP contribution in [0.4, 0.5) is 0 Å². The van der Waals surface area contributed by atoms with E-state index in [-0.39, 0.29) is 0 Å². The van der Waals surface area contributed by atoms with Crippen LogP contribution < -0.4 is 0 Å². The summed E-state index contributed by atoms with van der Waals surface area (Å²) < 4.78 is 1.97. The molecule has 3 heteroatoms. The number of nitrogens with zero attached hydrogens (tertiary/aromatic N) is 2. The molecular formula is C11H14N2O. The van der Waals surface area contributed by atoms with Crippen LogP contribution in [-0.4, -0.2) is 15.6 Å². The van der Waals surface area contributed by atoms with Gasteiger partial charge in [0.05, 0.1) is 5.69 Å². The Bertz CT molecular complexity index is 376. The van der Waals surface area contributed by atoms with Crippen LogP contribution in [0.2, 0.25) is 0 Å². The van der Waals surface area contributed by atoms with E-state index < -0.39 is 0 Å². The number of allylic oxidation sites excluding steroid dienone is 2. The summed E-state index contributed by atoms with van der Waals surface area (Å²) in [6.45, 7) is 2.96. The van der Waals surface area contributed by atoms with Crippen LogP contribution in [0.15, 0.2) is 18.3 Å². The average molecular weight is 190 g/mol. The summed E-state index contributed by atoms with van der Waals surface area (Å²) in [6.07, 6.45) is 5.99. The zero-order valence-electron chi connectivity index (χ0n) is 8.36. The maximum Gasteiger partial charge on any atom is 0.137 e. The van der Waals surface area contributed by atoms with Crippen LogP contribution >= 0.6 is 0 Å². The molecule has 2 rings (SSSR count). The lowest BCUT2D eigenvalue weighted by atomic mass is 9.96. The van der Waals surface area contributed by atoms with Gasteiger partial charge in [0, 0.05) is 25.6 Å². The summed E-state index contributed by atoms with van der Waals surface area (Å²) in [5.74, 6) is 0.344. The molecule has 1 aromatic rings. The smallest absolute Gasteiger partial charge is 0.137 e. The molecule has 74 valence electrons. The molecule has 14 heavy (non-hydrogen) atoms. The predicted octanol–water partition coefficient (Wildman–Crippen LogP) is 2.04. The number of carbonyl (C=O) groups excluding carboxylic acids is 1. The Morgan fingerprint density at radius 2 is 2.36 bits per heavy atom. The molecule has 0 N–H and O–H groups in total. The van der Waals surface area contributed by atoms with E-state index in [0.29, 0.717) is 18.6 Å². The second kappa shape index (κ2) is 3.78. The Hall–Kier alpha value is -1.38. The fraction of sp³-hybridized carbons (Fsp3) is 0.455. The van der Waals surface area contributed by atoms with Crippen LogP contribution in [0.25, 0.3) is 5.57 Å². The van der Waals surface area contributed by atoms with Gasteiger partial charge in [-0.2, -0.15) is 5.10 Å². The maximum absolute atomic E-state index is 11.1. The average Bonchev–Trinajstić information content (AvgIpc) is 2.67. The SMILES string of the molecule is CCn1nccc1C1=CCC(=O)CC1. The minimum Gasteiger partial charge on any atom is -0.299 e. The largest absolute Gasteiger partial charge is 0.299 e. The molecule has 0 atom stereocenters. The molecule has 0 amide bonds. The molecule has 1 heterocycles. The summed E-state index contributed by atoms with van der Waals surface area (Å²) in [4.78, 5) is 11.1. The van der Waals surface area contributed by atoms with Gasteiger partial charge >= 0.3 is 0 Å². The predicted molar refractivity (Wildman–Crippen MR) is 54.7 cm³/mol. The number of aryl methyl sites for hydroxylation is 1. The molecule has 0 radical (unpaired) electrons. The van der Waals surface area contributed by atoms with Crippen LogP contribution in [0.3, 0.4) is 0 Å². The van der Waals surface area contributed by atoms with Crippen molar-refractivity contribution in [3.63, 3.8) is 0 Å². The molecule has 0 saturated heterocycles. The zero-order chi connectivity index (χ0) is 9.97. The van der Waals surface area contributed by atoms with Gasteiger partial charge in [0.15, 0.2) is 0 Å². The van der Waals surface area contributed by atoms with Crippen molar-refractivity contribution in [2.24, 2.45) is 0 Å². The second-order valence-electron chi connectivity index (χ2n) is 3.50. The molecule has 0 saturated carbocycles. The van der Waals surface area contributed by atoms with Gasteiger partial charge in [-0.25, -0.2) is 0 Å². The molecule has 1 aromatic heterocycles. The van der Waals surface area contributed by atoms with E-state index in [1.165, 1.54) is 11.3 Å². The Morgan fingerprint density at radius 1 is 1.50 bits per heavy atom. The number of aromatic nitrogens is 2. The van der Waals surface area contributed by atoms with E-state index in [4.69, 9.17) is 0 Å². The highest BCUT2D eigenvalue weighted by atomic mass is 16.1. The molecule has 1 aliphatic rings. The molecular weight excluding hydrogens is 176 g/mol. The van der Waals surface area contributed by atoms with Gasteiger partial charge in [-0.15, -0.1) is 0 Å². The molecule has 1 aliphatic carbocycles. The van der Waals surface area contributed by atoms with Crippen molar-refractivity contribution in [2.45, 2.75) is 32.7 Å². The summed E-state index contributed by atoms with van der Waals surface area (Å²) in [5.41, 5.74) is 2.43. The lowest BCUT2D eigenvalue weighted by molar-refractivity contribution is -0.118. The fourth-order valence-electron chi connectivity index (χ4n) is 1.81. The standard InChI is InChI=1S/C11H14N2O/c1-2-13-11(7-8-12-13)9-3-5-10(14)6-4-9/h3,7-8H,2,4-6H2,1H3. The summed E-state index contributed by atoms with van der Waals surface area (Å²) >= 11 is 0. The lowest BCUT2D eigenvalue weighted by Crippen LogP contribution is -2.07. The van der Waals surface area contributed by atoms with E-state index in [2.05, 4.69) is 12.0 Å². The van der Waals surface area contributed by atoms with Crippen molar-refractivity contribution in [1.82, 2.24) is 9.78 Å². The number of carbonyl (C=O) groups is 1. The van der Waals surface area contributed by atoms with Gasteiger partial charge < -0.3 is 0 Å². The lowest BCUT2D eigenvalue weighted by Gasteiger charge is -2.12. The van der Waals surface area contributed by atoms with Crippen molar-refractivity contribution >= 4 is 11.4 Å². The van der Waals surface area contributed by atoms with E-state index in [9.17, 15) is 4.79 Å². The summed E-state index contributed by atoms with van der Waals surface area (Å²) in [6, 6.07) is 2.02. The first-order chi connectivity index (χ1) is 6.81. The first kappa shape index (κ1) is 9.19. The highest BCUT2D eigenvalue weighted by molar-refractivity contribution is 5.86. The van der Waals surface area contributed by atoms with Gasteiger partial charge in [0.25, 0.3) is 0 Å². The second-order valence-corrected chi connectivity index (χ2v) is 3.50. The Kier molecular flexibility index (Phi) is 2.48. The Balaban J connectivity index is 2.27. The number of ketones is 1. The summed E-state index contributed by atoms with van der Waals surface area (Å²) in [7, 11) is 0. The van der Waals surface area contributed by atoms with E-state index in [0.717, 1.165) is 13.0 Å². The maximum atomic E-state index is 11.1. The third-order valence-electron chi connectivity index (χ3n) is 2.59. The van der Waals surface area contributed by atoms with E-state index >= 15 is 0 Å². The first-order valence-electron chi connectivity index (χ1n) is 5.04.